The molecule has 1 atom stereocenters. The summed E-state index contributed by atoms with van der Waals surface area (Å²) in [5, 5.41) is 6.00. The van der Waals surface area contributed by atoms with Gasteiger partial charge in [-0.1, -0.05) is 0 Å². The SMILES string of the molecule is CCS(=O)(=O)N1CCCC(C(=O)NCCNCCOC)C1.Cl. The molecular formula is C13H28ClN3O4S. The molecule has 0 aromatic rings. The molecule has 1 heterocycles. The molecule has 1 fully saturated rings. The lowest BCUT2D eigenvalue weighted by molar-refractivity contribution is -0.126. The second-order valence-corrected chi connectivity index (χ2v) is 7.39. The quantitative estimate of drug-likeness (QED) is 0.559. The second-order valence-electron chi connectivity index (χ2n) is 5.13. The van der Waals surface area contributed by atoms with Crippen LogP contribution in [0.3, 0.4) is 0 Å². The first-order valence-corrected chi connectivity index (χ1v) is 9.07. The van der Waals surface area contributed by atoms with Crippen molar-refractivity contribution >= 4 is 28.3 Å². The predicted molar refractivity (Wildman–Crippen MR) is 88.8 cm³/mol. The highest BCUT2D eigenvalue weighted by atomic mass is 35.5. The Morgan fingerprint density at radius 3 is 2.68 bits per heavy atom. The molecule has 2 N–H and O–H groups in total. The molecule has 0 spiro atoms. The van der Waals surface area contributed by atoms with Gasteiger partial charge in [-0.15, -0.1) is 12.4 Å². The van der Waals surface area contributed by atoms with Crippen LogP contribution in [0.5, 0.6) is 0 Å². The standard InChI is InChI=1S/C13H27N3O4S.ClH/c1-3-21(18,19)16-9-4-5-12(11-16)13(17)15-7-6-14-8-10-20-2;/h12,14H,3-11H2,1-2H3,(H,15,17);1H. The van der Waals surface area contributed by atoms with Crippen LogP contribution in [-0.2, 0) is 19.6 Å². The Hall–Kier alpha value is -0.410. The number of amides is 1. The normalized spacial score (nSPS) is 19.5. The zero-order valence-corrected chi connectivity index (χ0v) is 15.0. The Balaban J connectivity index is 0.00000441. The summed E-state index contributed by atoms with van der Waals surface area (Å²) in [7, 11) is -1.55. The molecule has 22 heavy (non-hydrogen) atoms. The maximum absolute atomic E-state index is 12.1. The molecule has 1 aliphatic heterocycles. The van der Waals surface area contributed by atoms with E-state index in [2.05, 4.69) is 10.6 Å². The lowest BCUT2D eigenvalue weighted by Gasteiger charge is -2.30. The van der Waals surface area contributed by atoms with E-state index in [1.54, 1.807) is 14.0 Å². The van der Waals surface area contributed by atoms with E-state index in [4.69, 9.17) is 4.74 Å². The fourth-order valence-electron chi connectivity index (χ4n) is 2.31. The average Bonchev–Trinajstić information content (AvgIpc) is 2.50. The predicted octanol–water partition coefficient (Wildman–Crippen LogP) is -0.178. The molecular weight excluding hydrogens is 330 g/mol. The van der Waals surface area contributed by atoms with Crippen LogP contribution >= 0.6 is 12.4 Å². The van der Waals surface area contributed by atoms with E-state index >= 15 is 0 Å². The van der Waals surface area contributed by atoms with Gasteiger partial charge in [0.1, 0.15) is 0 Å². The summed E-state index contributed by atoms with van der Waals surface area (Å²) in [5.74, 6) is -0.205. The van der Waals surface area contributed by atoms with Gasteiger partial charge in [-0.3, -0.25) is 4.79 Å². The summed E-state index contributed by atoms with van der Waals surface area (Å²) in [6.45, 7) is 5.07. The number of hydrogen-bond donors (Lipinski definition) is 2. The van der Waals surface area contributed by atoms with Crippen molar-refractivity contribution in [1.29, 1.82) is 0 Å². The maximum atomic E-state index is 12.1. The number of carbonyl (C=O) groups is 1. The number of hydrogen-bond acceptors (Lipinski definition) is 5. The number of nitrogens with one attached hydrogen (secondary N) is 2. The minimum Gasteiger partial charge on any atom is -0.383 e. The highest BCUT2D eigenvalue weighted by Gasteiger charge is 2.31. The third kappa shape index (κ3) is 7.23. The minimum absolute atomic E-state index is 0. The van der Waals surface area contributed by atoms with E-state index in [1.807, 2.05) is 0 Å². The van der Waals surface area contributed by atoms with Crippen molar-refractivity contribution in [3.8, 4) is 0 Å². The zero-order chi connectivity index (χ0) is 15.7. The van der Waals surface area contributed by atoms with Gasteiger partial charge in [0.15, 0.2) is 0 Å². The van der Waals surface area contributed by atoms with Crippen molar-refractivity contribution < 1.29 is 17.9 Å². The zero-order valence-electron chi connectivity index (χ0n) is 13.3. The van der Waals surface area contributed by atoms with Crippen LogP contribution in [0.4, 0.5) is 0 Å². The van der Waals surface area contributed by atoms with E-state index in [0.717, 1.165) is 19.4 Å². The summed E-state index contributed by atoms with van der Waals surface area (Å²) in [5.41, 5.74) is 0. The van der Waals surface area contributed by atoms with Crippen LogP contribution in [0.15, 0.2) is 0 Å². The molecule has 0 bridgehead atoms. The van der Waals surface area contributed by atoms with Crippen LogP contribution in [0.2, 0.25) is 0 Å². The summed E-state index contributed by atoms with van der Waals surface area (Å²) >= 11 is 0. The van der Waals surface area contributed by atoms with Gasteiger partial charge in [-0.25, -0.2) is 12.7 Å². The number of halogens is 1. The van der Waals surface area contributed by atoms with Crippen LogP contribution in [-0.4, -0.2) is 70.8 Å². The molecule has 1 rings (SSSR count). The Bertz CT molecular complexity index is 420. The smallest absolute Gasteiger partial charge is 0.224 e. The van der Waals surface area contributed by atoms with E-state index in [1.165, 1.54) is 4.31 Å². The first-order chi connectivity index (χ1) is 10.0. The van der Waals surface area contributed by atoms with Crippen molar-refractivity contribution in [2.45, 2.75) is 19.8 Å². The van der Waals surface area contributed by atoms with Crippen molar-refractivity contribution in [2.24, 2.45) is 5.92 Å². The fraction of sp³-hybridized carbons (Fsp3) is 0.923. The lowest BCUT2D eigenvalue weighted by Crippen LogP contribution is -2.46. The van der Waals surface area contributed by atoms with Crippen molar-refractivity contribution in [3.05, 3.63) is 0 Å². The number of piperidine rings is 1. The number of methoxy groups -OCH3 is 1. The summed E-state index contributed by atoms with van der Waals surface area (Å²) in [4.78, 5) is 12.1. The summed E-state index contributed by atoms with van der Waals surface area (Å²) in [6, 6.07) is 0. The Kier molecular flexibility index (Phi) is 11.0. The maximum Gasteiger partial charge on any atom is 0.224 e. The van der Waals surface area contributed by atoms with E-state index in [0.29, 0.717) is 32.8 Å². The van der Waals surface area contributed by atoms with E-state index in [9.17, 15) is 13.2 Å². The molecule has 9 heteroatoms. The molecule has 0 radical (unpaired) electrons. The second kappa shape index (κ2) is 11.2. The Morgan fingerprint density at radius 2 is 2.05 bits per heavy atom. The minimum atomic E-state index is -3.20. The van der Waals surface area contributed by atoms with Gasteiger partial charge < -0.3 is 15.4 Å². The molecule has 132 valence electrons. The summed E-state index contributed by atoms with van der Waals surface area (Å²) in [6.07, 6.45) is 1.49. The fourth-order valence-corrected chi connectivity index (χ4v) is 3.49. The largest absolute Gasteiger partial charge is 0.383 e. The molecule has 0 aromatic heterocycles. The number of ether oxygens (including phenoxy) is 1. The van der Waals surface area contributed by atoms with Gasteiger partial charge in [0.2, 0.25) is 15.9 Å². The average molecular weight is 358 g/mol. The van der Waals surface area contributed by atoms with Gasteiger partial charge in [-0.2, -0.15) is 0 Å². The van der Waals surface area contributed by atoms with Gasteiger partial charge in [0.25, 0.3) is 0 Å². The topological polar surface area (TPSA) is 87.7 Å². The Labute approximate surface area is 139 Å². The third-order valence-electron chi connectivity index (χ3n) is 3.60. The van der Waals surface area contributed by atoms with Gasteiger partial charge in [0, 0.05) is 39.8 Å². The molecule has 1 saturated heterocycles. The van der Waals surface area contributed by atoms with Gasteiger partial charge in [-0.05, 0) is 19.8 Å². The first-order valence-electron chi connectivity index (χ1n) is 7.46. The first kappa shape index (κ1) is 21.6. The lowest BCUT2D eigenvalue weighted by atomic mass is 9.99. The van der Waals surface area contributed by atoms with Crippen LogP contribution < -0.4 is 10.6 Å². The van der Waals surface area contributed by atoms with Crippen molar-refractivity contribution in [2.75, 3.05) is 52.2 Å². The van der Waals surface area contributed by atoms with Crippen LogP contribution in [0, 0.1) is 5.92 Å². The van der Waals surface area contributed by atoms with Crippen LogP contribution in [0.25, 0.3) is 0 Å². The number of rotatable bonds is 9. The monoisotopic (exact) mass is 357 g/mol. The van der Waals surface area contributed by atoms with Gasteiger partial charge in [0.05, 0.1) is 18.3 Å². The highest BCUT2D eigenvalue weighted by molar-refractivity contribution is 7.89. The third-order valence-corrected chi connectivity index (χ3v) is 5.45. The van der Waals surface area contributed by atoms with Crippen LogP contribution in [0.1, 0.15) is 19.8 Å². The molecule has 0 saturated carbocycles. The molecule has 1 unspecified atom stereocenters. The summed E-state index contributed by atoms with van der Waals surface area (Å²) < 4.78 is 30.1. The van der Waals surface area contributed by atoms with Crippen molar-refractivity contribution in [3.63, 3.8) is 0 Å². The highest BCUT2D eigenvalue weighted by Crippen LogP contribution is 2.19. The van der Waals surface area contributed by atoms with Gasteiger partial charge >= 0.3 is 0 Å². The molecule has 7 nitrogen and oxygen atoms in total. The van der Waals surface area contributed by atoms with E-state index < -0.39 is 10.0 Å². The van der Waals surface area contributed by atoms with E-state index in [-0.39, 0.29) is 30.0 Å². The molecule has 1 amide bonds. The number of nitrogens with zero attached hydrogens (tertiary/aromatic N) is 1. The molecule has 0 aliphatic carbocycles. The van der Waals surface area contributed by atoms with Crippen molar-refractivity contribution in [1.82, 2.24) is 14.9 Å². The molecule has 1 aliphatic rings. The number of carbonyl (C=O) groups excluding carboxylic acids is 1. The Morgan fingerprint density at radius 1 is 1.32 bits per heavy atom. The molecule has 0 aromatic carbocycles. The number of sulfonamides is 1.